The molecule has 0 radical (unpaired) electrons. The van der Waals surface area contributed by atoms with E-state index in [1.807, 2.05) is 31.5 Å². The number of ether oxygens (including phenoxy) is 1. The minimum absolute atomic E-state index is 0.167. The fourth-order valence-electron chi connectivity index (χ4n) is 4.00. The summed E-state index contributed by atoms with van der Waals surface area (Å²) in [5.41, 5.74) is 5.03. The van der Waals surface area contributed by atoms with E-state index in [0.717, 1.165) is 38.0 Å². The quantitative estimate of drug-likeness (QED) is 0.631. The van der Waals surface area contributed by atoms with Gasteiger partial charge < -0.3 is 9.30 Å². The van der Waals surface area contributed by atoms with Crippen molar-refractivity contribution < 1.29 is 9.53 Å². The Balaban J connectivity index is 1.57. The normalized spacial score (nSPS) is 14.3. The van der Waals surface area contributed by atoms with Crippen LogP contribution >= 0.6 is 0 Å². The third kappa shape index (κ3) is 3.74. The standard InChI is InChI=1S/C22H25N3O2/c1-2-27-22(26)16-25-20-8-4-3-7-18(20)19-15-24(13-10-21(19)25)12-9-17-6-5-11-23-14-17/h3-8,11,14H,2,9-10,12-13,15-16H2,1H3. The number of esters is 1. The predicted octanol–water partition coefficient (Wildman–Crippen LogP) is 3.20. The van der Waals surface area contributed by atoms with Gasteiger partial charge in [-0.3, -0.25) is 14.7 Å². The fourth-order valence-corrected chi connectivity index (χ4v) is 4.00. The molecule has 27 heavy (non-hydrogen) atoms. The number of para-hydroxylation sites is 1. The second-order valence-electron chi connectivity index (χ2n) is 6.97. The Bertz CT molecular complexity index is 933. The van der Waals surface area contributed by atoms with E-state index in [1.165, 1.54) is 22.2 Å². The molecule has 0 saturated carbocycles. The number of carbonyl (C=O) groups is 1. The highest BCUT2D eigenvalue weighted by molar-refractivity contribution is 5.87. The van der Waals surface area contributed by atoms with Crippen molar-refractivity contribution >= 4 is 16.9 Å². The molecule has 0 atom stereocenters. The molecule has 5 nitrogen and oxygen atoms in total. The Labute approximate surface area is 159 Å². The van der Waals surface area contributed by atoms with Crippen LogP contribution in [0.15, 0.2) is 48.8 Å². The molecule has 1 aromatic carbocycles. The van der Waals surface area contributed by atoms with Crippen LogP contribution in [0.2, 0.25) is 0 Å². The Morgan fingerprint density at radius 2 is 2.11 bits per heavy atom. The Hall–Kier alpha value is -2.66. The van der Waals surface area contributed by atoms with Crippen molar-refractivity contribution in [3.05, 3.63) is 65.6 Å². The summed E-state index contributed by atoms with van der Waals surface area (Å²) >= 11 is 0. The van der Waals surface area contributed by atoms with Crippen LogP contribution in [0.4, 0.5) is 0 Å². The average molecular weight is 363 g/mol. The molecule has 0 aliphatic carbocycles. The van der Waals surface area contributed by atoms with Gasteiger partial charge in [0.05, 0.1) is 6.61 Å². The molecule has 1 aliphatic rings. The summed E-state index contributed by atoms with van der Waals surface area (Å²) in [7, 11) is 0. The summed E-state index contributed by atoms with van der Waals surface area (Å²) in [4.78, 5) is 18.8. The third-order valence-corrected chi connectivity index (χ3v) is 5.27. The van der Waals surface area contributed by atoms with E-state index in [1.54, 1.807) is 0 Å². The van der Waals surface area contributed by atoms with Crippen LogP contribution in [0.25, 0.3) is 10.9 Å². The molecule has 0 N–H and O–H groups in total. The van der Waals surface area contributed by atoms with Crippen LogP contribution in [0.1, 0.15) is 23.7 Å². The van der Waals surface area contributed by atoms with Gasteiger partial charge in [0.2, 0.25) is 0 Å². The maximum atomic E-state index is 12.1. The first-order chi connectivity index (χ1) is 13.3. The number of nitrogens with zero attached hydrogens (tertiary/aromatic N) is 3. The molecule has 0 fully saturated rings. The lowest BCUT2D eigenvalue weighted by atomic mass is 10.0. The molecule has 5 heteroatoms. The number of carbonyl (C=O) groups excluding carboxylic acids is 1. The molecule has 2 aromatic heterocycles. The average Bonchev–Trinajstić information content (AvgIpc) is 3.01. The number of benzene rings is 1. The second-order valence-corrected chi connectivity index (χ2v) is 6.97. The van der Waals surface area contributed by atoms with Gasteiger partial charge >= 0.3 is 5.97 Å². The SMILES string of the molecule is CCOC(=O)Cn1c2c(c3ccccc31)CN(CCc1cccnc1)CC2. The number of pyridine rings is 1. The molecule has 0 unspecified atom stereocenters. The summed E-state index contributed by atoms with van der Waals surface area (Å²) < 4.78 is 7.34. The highest BCUT2D eigenvalue weighted by Gasteiger charge is 2.24. The molecule has 140 valence electrons. The number of hydrogen-bond acceptors (Lipinski definition) is 4. The second kappa shape index (κ2) is 7.92. The first-order valence-corrected chi connectivity index (χ1v) is 9.62. The van der Waals surface area contributed by atoms with E-state index in [4.69, 9.17) is 4.74 Å². The van der Waals surface area contributed by atoms with Gasteiger partial charge in [-0.2, -0.15) is 0 Å². The van der Waals surface area contributed by atoms with Crippen LogP contribution in [0.5, 0.6) is 0 Å². The van der Waals surface area contributed by atoms with Crippen LogP contribution in [-0.4, -0.2) is 40.1 Å². The first kappa shape index (κ1) is 17.7. The van der Waals surface area contributed by atoms with Crippen molar-refractivity contribution in [2.24, 2.45) is 0 Å². The van der Waals surface area contributed by atoms with Crippen molar-refractivity contribution in [3.8, 4) is 0 Å². The highest BCUT2D eigenvalue weighted by atomic mass is 16.5. The maximum absolute atomic E-state index is 12.1. The van der Waals surface area contributed by atoms with E-state index in [-0.39, 0.29) is 5.97 Å². The zero-order valence-corrected chi connectivity index (χ0v) is 15.7. The van der Waals surface area contributed by atoms with Gasteiger partial charge in [0.25, 0.3) is 0 Å². The molecular formula is C22H25N3O2. The minimum Gasteiger partial charge on any atom is -0.465 e. The van der Waals surface area contributed by atoms with Crippen molar-refractivity contribution in [1.82, 2.24) is 14.5 Å². The topological polar surface area (TPSA) is 47.4 Å². The largest absolute Gasteiger partial charge is 0.465 e. The molecular weight excluding hydrogens is 338 g/mol. The highest BCUT2D eigenvalue weighted by Crippen LogP contribution is 2.31. The van der Waals surface area contributed by atoms with Crippen LogP contribution in [0, 0.1) is 0 Å². The lowest BCUT2D eigenvalue weighted by Crippen LogP contribution is -2.33. The summed E-state index contributed by atoms with van der Waals surface area (Å²) in [5, 5.41) is 1.25. The Morgan fingerprint density at radius 3 is 2.93 bits per heavy atom. The predicted molar refractivity (Wildman–Crippen MR) is 105 cm³/mol. The Kier molecular flexibility index (Phi) is 5.21. The van der Waals surface area contributed by atoms with E-state index in [2.05, 4.69) is 38.7 Å². The summed E-state index contributed by atoms with van der Waals surface area (Å²) in [6.45, 7) is 5.50. The summed E-state index contributed by atoms with van der Waals surface area (Å²) in [5.74, 6) is -0.167. The van der Waals surface area contributed by atoms with Gasteiger partial charge in [0.15, 0.2) is 0 Å². The van der Waals surface area contributed by atoms with Gasteiger partial charge in [-0.1, -0.05) is 24.3 Å². The third-order valence-electron chi connectivity index (χ3n) is 5.27. The van der Waals surface area contributed by atoms with Gasteiger partial charge in [-0.05, 0) is 36.6 Å². The van der Waals surface area contributed by atoms with Crippen LogP contribution < -0.4 is 0 Å². The molecule has 3 aromatic rings. The Morgan fingerprint density at radius 1 is 1.22 bits per heavy atom. The molecule has 0 saturated heterocycles. The number of hydrogen-bond donors (Lipinski definition) is 0. The number of rotatable bonds is 6. The van der Waals surface area contributed by atoms with E-state index in [9.17, 15) is 4.79 Å². The van der Waals surface area contributed by atoms with Gasteiger partial charge in [0.1, 0.15) is 6.54 Å². The molecule has 3 heterocycles. The zero-order chi connectivity index (χ0) is 18.6. The summed E-state index contributed by atoms with van der Waals surface area (Å²) in [6.07, 6.45) is 5.72. The lowest BCUT2D eigenvalue weighted by molar-refractivity contribution is -0.143. The lowest BCUT2D eigenvalue weighted by Gasteiger charge is -2.28. The molecule has 0 spiro atoms. The van der Waals surface area contributed by atoms with E-state index >= 15 is 0 Å². The molecule has 0 amide bonds. The fraction of sp³-hybridized carbons (Fsp3) is 0.364. The van der Waals surface area contributed by atoms with Crippen LogP contribution in [-0.2, 0) is 35.5 Å². The van der Waals surface area contributed by atoms with E-state index < -0.39 is 0 Å². The smallest absolute Gasteiger partial charge is 0.325 e. The van der Waals surface area contributed by atoms with Crippen molar-refractivity contribution in [1.29, 1.82) is 0 Å². The van der Waals surface area contributed by atoms with Gasteiger partial charge in [-0.25, -0.2) is 0 Å². The molecule has 4 rings (SSSR count). The minimum atomic E-state index is -0.167. The van der Waals surface area contributed by atoms with Gasteiger partial charge in [0, 0.05) is 55.0 Å². The summed E-state index contributed by atoms with van der Waals surface area (Å²) in [6, 6.07) is 12.5. The van der Waals surface area contributed by atoms with Crippen molar-refractivity contribution in [3.63, 3.8) is 0 Å². The molecule has 1 aliphatic heterocycles. The van der Waals surface area contributed by atoms with Crippen molar-refractivity contribution in [2.75, 3.05) is 19.7 Å². The number of aromatic nitrogens is 2. The zero-order valence-electron chi connectivity index (χ0n) is 15.7. The van der Waals surface area contributed by atoms with Crippen LogP contribution in [0.3, 0.4) is 0 Å². The van der Waals surface area contributed by atoms with E-state index in [0.29, 0.717) is 13.2 Å². The van der Waals surface area contributed by atoms with Gasteiger partial charge in [-0.15, -0.1) is 0 Å². The monoisotopic (exact) mass is 363 g/mol. The first-order valence-electron chi connectivity index (χ1n) is 9.62. The van der Waals surface area contributed by atoms with Crippen molar-refractivity contribution in [2.45, 2.75) is 32.9 Å². The molecule has 0 bridgehead atoms. The number of fused-ring (bicyclic) bond motifs is 3. The maximum Gasteiger partial charge on any atom is 0.325 e.